The second kappa shape index (κ2) is 10.4. The number of pyridine rings is 2. The third-order valence-corrected chi connectivity index (χ3v) is 6.50. The van der Waals surface area contributed by atoms with Crippen molar-refractivity contribution in [2.45, 2.75) is 31.9 Å². The van der Waals surface area contributed by atoms with Crippen LogP contribution in [0.2, 0.25) is 0 Å². The molecule has 4 aromatic heterocycles. The van der Waals surface area contributed by atoms with Crippen molar-refractivity contribution in [3.05, 3.63) is 71.3 Å². The minimum Gasteiger partial charge on any atom is -0.475 e. The highest BCUT2D eigenvalue weighted by molar-refractivity contribution is 7.13. The summed E-state index contributed by atoms with van der Waals surface area (Å²) in [5, 5.41) is 13.9. The monoisotopic (exact) mass is 517 g/mol. The molecule has 1 amide bonds. The molecule has 1 N–H and O–H groups in total. The Morgan fingerprint density at radius 2 is 1.89 bits per heavy atom. The Bertz CT molecular complexity index is 1370. The van der Waals surface area contributed by atoms with Crippen molar-refractivity contribution in [3.8, 4) is 10.4 Å². The van der Waals surface area contributed by atoms with Gasteiger partial charge in [-0.3, -0.25) is 4.79 Å². The highest BCUT2D eigenvalue weighted by Gasteiger charge is 2.38. The van der Waals surface area contributed by atoms with Gasteiger partial charge in [0.25, 0.3) is 5.91 Å². The SMILES string of the molecule is Cc1cccc(C(=O)N2CCCC(c3nc4ccc(-c5cccs5)cn4n3)C2)n1.O=C(O)C(F)(F)F. The van der Waals surface area contributed by atoms with Gasteiger partial charge in [-0.25, -0.2) is 19.3 Å². The third kappa shape index (κ3) is 5.88. The van der Waals surface area contributed by atoms with Crippen LogP contribution in [0.15, 0.2) is 54.0 Å². The number of thiophene rings is 1. The third-order valence-electron chi connectivity index (χ3n) is 5.58. The number of aliphatic carboxylic acids is 1. The second-order valence-electron chi connectivity index (χ2n) is 8.23. The molecule has 0 spiro atoms. The number of nitrogens with zero attached hydrogens (tertiary/aromatic N) is 5. The van der Waals surface area contributed by atoms with E-state index in [0.29, 0.717) is 12.2 Å². The number of carboxylic acid groups (broad SMARTS) is 1. The lowest BCUT2D eigenvalue weighted by Crippen LogP contribution is -2.39. The molecule has 0 aromatic carbocycles. The van der Waals surface area contributed by atoms with E-state index >= 15 is 0 Å². The fourth-order valence-electron chi connectivity index (χ4n) is 3.86. The van der Waals surface area contributed by atoms with Crippen LogP contribution < -0.4 is 0 Å². The Labute approximate surface area is 208 Å². The Morgan fingerprint density at radius 1 is 1.11 bits per heavy atom. The lowest BCUT2D eigenvalue weighted by Gasteiger charge is -2.31. The van der Waals surface area contributed by atoms with Crippen molar-refractivity contribution in [2.75, 3.05) is 13.1 Å². The van der Waals surface area contributed by atoms with Gasteiger partial charge in [0, 0.05) is 41.3 Å². The number of alkyl halides is 3. The zero-order chi connectivity index (χ0) is 25.9. The summed E-state index contributed by atoms with van der Waals surface area (Å²) in [4.78, 5) is 34.0. The maximum absolute atomic E-state index is 12.9. The second-order valence-corrected chi connectivity index (χ2v) is 9.17. The highest BCUT2D eigenvalue weighted by atomic mass is 32.1. The lowest BCUT2D eigenvalue weighted by atomic mass is 9.97. The molecule has 1 aliphatic rings. The zero-order valence-electron chi connectivity index (χ0n) is 19.1. The first kappa shape index (κ1) is 25.3. The number of rotatable bonds is 3. The van der Waals surface area contributed by atoms with E-state index in [0.717, 1.165) is 42.1 Å². The molecule has 4 aromatic rings. The predicted molar refractivity (Wildman–Crippen MR) is 127 cm³/mol. The predicted octanol–water partition coefficient (Wildman–Crippen LogP) is 4.81. The number of aromatic nitrogens is 4. The Balaban J connectivity index is 0.000000384. The molecule has 1 aliphatic heterocycles. The maximum Gasteiger partial charge on any atom is 0.490 e. The lowest BCUT2D eigenvalue weighted by molar-refractivity contribution is -0.192. The summed E-state index contributed by atoms with van der Waals surface area (Å²) < 4.78 is 33.6. The zero-order valence-corrected chi connectivity index (χ0v) is 20.0. The summed E-state index contributed by atoms with van der Waals surface area (Å²) in [6, 6.07) is 13.8. The number of carbonyl (C=O) groups excluding carboxylic acids is 1. The molecule has 1 saturated heterocycles. The molecule has 8 nitrogen and oxygen atoms in total. The quantitative estimate of drug-likeness (QED) is 0.419. The number of hydrogen-bond donors (Lipinski definition) is 1. The average molecular weight is 518 g/mol. The molecule has 5 rings (SSSR count). The van der Waals surface area contributed by atoms with Gasteiger partial charge in [0.1, 0.15) is 5.69 Å². The van der Waals surface area contributed by atoms with E-state index in [4.69, 9.17) is 20.0 Å². The van der Waals surface area contributed by atoms with Crippen LogP contribution in [0.4, 0.5) is 13.2 Å². The number of piperidine rings is 1. The summed E-state index contributed by atoms with van der Waals surface area (Å²) in [5.41, 5.74) is 3.33. The van der Waals surface area contributed by atoms with Crippen molar-refractivity contribution in [3.63, 3.8) is 0 Å². The largest absolute Gasteiger partial charge is 0.490 e. The van der Waals surface area contributed by atoms with Crippen LogP contribution in [-0.4, -0.2) is 60.7 Å². The van der Waals surface area contributed by atoms with Gasteiger partial charge in [0.15, 0.2) is 11.5 Å². The molecule has 0 saturated carbocycles. The van der Waals surface area contributed by atoms with Gasteiger partial charge < -0.3 is 10.0 Å². The van der Waals surface area contributed by atoms with E-state index in [1.165, 1.54) is 4.88 Å². The molecular weight excluding hydrogens is 495 g/mol. The van der Waals surface area contributed by atoms with Crippen LogP contribution in [0.1, 0.15) is 40.8 Å². The van der Waals surface area contributed by atoms with E-state index in [9.17, 15) is 18.0 Å². The molecular formula is C24H22F3N5O3S. The van der Waals surface area contributed by atoms with Gasteiger partial charge in [-0.2, -0.15) is 18.3 Å². The van der Waals surface area contributed by atoms with Gasteiger partial charge in [-0.15, -0.1) is 11.3 Å². The van der Waals surface area contributed by atoms with Crippen LogP contribution in [0.25, 0.3) is 16.1 Å². The van der Waals surface area contributed by atoms with E-state index in [1.54, 1.807) is 17.4 Å². The number of carbonyl (C=O) groups is 2. The number of fused-ring (bicyclic) bond motifs is 1. The minimum atomic E-state index is -5.08. The summed E-state index contributed by atoms with van der Waals surface area (Å²) in [5.74, 6) is -1.82. The molecule has 188 valence electrons. The first-order valence-electron chi connectivity index (χ1n) is 11.0. The molecule has 1 atom stereocenters. The molecule has 0 aliphatic carbocycles. The van der Waals surface area contributed by atoms with Crippen molar-refractivity contribution in [1.29, 1.82) is 0 Å². The molecule has 5 heterocycles. The van der Waals surface area contributed by atoms with Crippen molar-refractivity contribution < 1.29 is 27.9 Å². The van der Waals surface area contributed by atoms with Gasteiger partial charge >= 0.3 is 12.1 Å². The van der Waals surface area contributed by atoms with Crippen molar-refractivity contribution >= 4 is 28.9 Å². The number of amides is 1. The van der Waals surface area contributed by atoms with Crippen LogP contribution in [0.3, 0.4) is 0 Å². The summed E-state index contributed by atoms with van der Waals surface area (Å²) in [6.45, 7) is 3.28. The maximum atomic E-state index is 12.9. The smallest absolute Gasteiger partial charge is 0.475 e. The molecule has 0 bridgehead atoms. The fraction of sp³-hybridized carbons (Fsp3) is 0.292. The number of halogens is 3. The fourth-order valence-corrected chi connectivity index (χ4v) is 4.58. The van der Waals surface area contributed by atoms with E-state index in [1.807, 2.05) is 46.8 Å². The average Bonchev–Trinajstić information content (AvgIpc) is 3.53. The van der Waals surface area contributed by atoms with Gasteiger partial charge in [0.2, 0.25) is 0 Å². The first-order valence-corrected chi connectivity index (χ1v) is 11.9. The number of carboxylic acids is 1. The Hall–Kier alpha value is -3.80. The van der Waals surface area contributed by atoms with E-state index in [2.05, 4.69) is 22.5 Å². The summed E-state index contributed by atoms with van der Waals surface area (Å²) in [6.07, 6.45) is -1.13. The Kier molecular flexibility index (Phi) is 7.34. The van der Waals surface area contributed by atoms with Gasteiger partial charge in [0.05, 0.1) is 0 Å². The normalized spacial score (nSPS) is 15.9. The van der Waals surface area contributed by atoms with Gasteiger partial charge in [-0.05, 0) is 55.5 Å². The Morgan fingerprint density at radius 3 is 2.56 bits per heavy atom. The van der Waals surface area contributed by atoms with Crippen molar-refractivity contribution in [2.24, 2.45) is 0 Å². The van der Waals surface area contributed by atoms with Gasteiger partial charge in [-0.1, -0.05) is 12.1 Å². The summed E-state index contributed by atoms with van der Waals surface area (Å²) in [7, 11) is 0. The number of aryl methyl sites for hydroxylation is 1. The summed E-state index contributed by atoms with van der Waals surface area (Å²) >= 11 is 1.71. The minimum absolute atomic E-state index is 0.0119. The van der Waals surface area contributed by atoms with Crippen LogP contribution >= 0.6 is 11.3 Å². The number of hydrogen-bond acceptors (Lipinski definition) is 6. The first-order chi connectivity index (χ1) is 17.1. The molecule has 12 heteroatoms. The highest BCUT2D eigenvalue weighted by Crippen LogP contribution is 2.28. The molecule has 36 heavy (non-hydrogen) atoms. The number of likely N-dealkylation sites (tertiary alicyclic amines) is 1. The van der Waals surface area contributed by atoms with Crippen LogP contribution in [0.5, 0.6) is 0 Å². The van der Waals surface area contributed by atoms with Crippen LogP contribution in [-0.2, 0) is 4.79 Å². The molecule has 0 radical (unpaired) electrons. The van der Waals surface area contributed by atoms with E-state index in [-0.39, 0.29) is 11.8 Å². The molecule has 1 fully saturated rings. The van der Waals surface area contributed by atoms with E-state index < -0.39 is 12.1 Å². The van der Waals surface area contributed by atoms with Crippen LogP contribution in [0, 0.1) is 6.92 Å². The molecule has 1 unspecified atom stereocenters. The standard InChI is InChI=1S/C22H21N5OS.C2HF3O2/c1-15-5-2-7-18(23-15)22(28)26-11-3-6-17(13-26)21-24-20-10-9-16(14-27(20)25-21)19-8-4-12-29-19;3-2(4,5)1(6)7/h2,4-5,7-10,12,14,17H,3,6,11,13H2,1H3;(H,6,7). The van der Waals surface area contributed by atoms with Crippen molar-refractivity contribution in [1.82, 2.24) is 24.5 Å². The topological polar surface area (TPSA) is 101 Å².